The number of nitriles is 1. The summed E-state index contributed by atoms with van der Waals surface area (Å²) in [7, 11) is 1.62. The third-order valence-corrected chi connectivity index (χ3v) is 5.96. The molecule has 1 amide bonds. The molecule has 0 aliphatic heterocycles. The average molecular weight is 440 g/mol. The number of methoxy groups -OCH3 is 1. The molecule has 32 heavy (non-hydrogen) atoms. The molecule has 158 valence electrons. The van der Waals surface area contributed by atoms with Gasteiger partial charge < -0.3 is 10.1 Å². The minimum Gasteiger partial charge on any atom is -0.497 e. The second-order valence-corrected chi connectivity index (χ2v) is 8.18. The predicted octanol–water partition coefficient (Wildman–Crippen LogP) is 5.90. The number of nitrogens with zero attached hydrogens (tertiary/aromatic N) is 2. The summed E-state index contributed by atoms with van der Waals surface area (Å²) in [5, 5.41) is 15.2. The maximum absolute atomic E-state index is 12.4. The number of hydrogen-bond acceptors (Lipinski definition) is 5. The van der Waals surface area contributed by atoms with Crippen LogP contribution < -0.4 is 10.1 Å². The monoisotopic (exact) mass is 439 g/mol. The Morgan fingerprint density at radius 2 is 1.81 bits per heavy atom. The van der Waals surface area contributed by atoms with Crippen molar-refractivity contribution in [2.45, 2.75) is 11.4 Å². The van der Waals surface area contributed by atoms with E-state index in [0.29, 0.717) is 22.8 Å². The molecule has 0 unspecified atom stereocenters. The van der Waals surface area contributed by atoms with Crippen LogP contribution in [-0.4, -0.2) is 23.8 Å². The SMILES string of the molecule is COc1ccc(-c2ccc(C#N)c(SCCC(=O)Nc3ccc4ccccc4c3)n2)cc1. The van der Waals surface area contributed by atoms with E-state index in [2.05, 4.69) is 16.4 Å². The molecule has 1 N–H and O–H groups in total. The highest BCUT2D eigenvalue weighted by atomic mass is 32.2. The van der Waals surface area contributed by atoms with Crippen molar-refractivity contribution in [2.24, 2.45) is 0 Å². The first kappa shape index (κ1) is 21.4. The van der Waals surface area contributed by atoms with E-state index in [1.54, 1.807) is 13.2 Å². The van der Waals surface area contributed by atoms with Crippen LogP contribution in [0.2, 0.25) is 0 Å². The van der Waals surface area contributed by atoms with E-state index < -0.39 is 0 Å². The minimum atomic E-state index is -0.0717. The third-order valence-electron chi connectivity index (χ3n) is 4.97. The van der Waals surface area contributed by atoms with Crippen LogP contribution >= 0.6 is 11.8 Å². The van der Waals surface area contributed by atoms with Crippen LogP contribution in [0.5, 0.6) is 5.75 Å². The van der Waals surface area contributed by atoms with Crippen molar-refractivity contribution in [1.82, 2.24) is 4.98 Å². The van der Waals surface area contributed by atoms with Crippen molar-refractivity contribution in [3.63, 3.8) is 0 Å². The van der Waals surface area contributed by atoms with Crippen LogP contribution in [0.15, 0.2) is 83.9 Å². The van der Waals surface area contributed by atoms with Crippen molar-refractivity contribution in [2.75, 3.05) is 18.2 Å². The Balaban J connectivity index is 1.39. The first-order valence-electron chi connectivity index (χ1n) is 10.1. The fourth-order valence-corrected chi connectivity index (χ4v) is 4.20. The van der Waals surface area contributed by atoms with Gasteiger partial charge in [-0.15, -0.1) is 11.8 Å². The van der Waals surface area contributed by atoms with Crippen LogP contribution in [0.3, 0.4) is 0 Å². The van der Waals surface area contributed by atoms with Crippen molar-refractivity contribution in [1.29, 1.82) is 5.26 Å². The van der Waals surface area contributed by atoms with Gasteiger partial charge in [0.25, 0.3) is 0 Å². The molecule has 5 nitrogen and oxygen atoms in total. The summed E-state index contributed by atoms with van der Waals surface area (Å²) < 4.78 is 5.20. The lowest BCUT2D eigenvalue weighted by atomic mass is 10.1. The van der Waals surface area contributed by atoms with E-state index in [9.17, 15) is 10.1 Å². The number of benzene rings is 3. The van der Waals surface area contributed by atoms with E-state index in [1.807, 2.05) is 72.8 Å². The zero-order valence-electron chi connectivity index (χ0n) is 17.5. The highest BCUT2D eigenvalue weighted by Crippen LogP contribution is 2.27. The topological polar surface area (TPSA) is 75.0 Å². The summed E-state index contributed by atoms with van der Waals surface area (Å²) in [6.45, 7) is 0. The molecule has 1 heterocycles. The largest absolute Gasteiger partial charge is 0.497 e. The van der Waals surface area contributed by atoms with Gasteiger partial charge in [-0.05, 0) is 59.3 Å². The maximum Gasteiger partial charge on any atom is 0.225 e. The Hall–Kier alpha value is -3.82. The van der Waals surface area contributed by atoms with Gasteiger partial charge in [-0.1, -0.05) is 30.3 Å². The molecule has 0 bridgehead atoms. The van der Waals surface area contributed by atoms with E-state index in [4.69, 9.17) is 4.74 Å². The standard InChI is InChI=1S/C26H21N3O2S/c1-31-23-11-7-19(8-12-23)24-13-9-21(17-27)26(29-24)32-15-14-25(30)28-22-10-6-18-4-2-3-5-20(18)16-22/h2-13,16H,14-15H2,1H3,(H,28,30). The lowest BCUT2D eigenvalue weighted by Crippen LogP contribution is -2.12. The molecule has 0 atom stereocenters. The number of anilines is 1. The number of amides is 1. The van der Waals surface area contributed by atoms with Crippen LogP contribution in [-0.2, 0) is 4.79 Å². The van der Waals surface area contributed by atoms with Gasteiger partial charge in [0, 0.05) is 23.4 Å². The van der Waals surface area contributed by atoms with Gasteiger partial charge in [-0.3, -0.25) is 4.79 Å². The fraction of sp³-hybridized carbons (Fsp3) is 0.115. The quantitative estimate of drug-likeness (QED) is 0.363. The van der Waals surface area contributed by atoms with Crippen molar-refractivity contribution in [3.05, 3.63) is 84.4 Å². The molecule has 0 saturated carbocycles. The maximum atomic E-state index is 12.4. The summed E-state index contributed by atoms with van der Waals surface area (Å²) in [6, 6.07) is 27.3. The fourth-order valence-electron chi connectivity index (χ4n) is 3.29. The molecule has 0 saturated heterocycles. The van der Waals surface area contributed by atoms with Crippen LogP contribution in [0, 0.1) is 11.3 Å². The van der Waals surface area contributed by atoms with E-state index >= 15 is 0 Å². The van der Waals surface area contributed by atoms with Gasteiger partial charge in [-0.2, -0.15) is 5.26 Å². The predicted molar refractivity (Wildman–Crippen MR) is 129 cm³/mol. The Morgan fingerprint density at radius 3 is 2.56 bits per heavy atom. The lowest BCUT2D eigenvalue weighted by Gasteiger charge is -2.09. The Labute approximate surface area is 191 Å². The van der Waals surface area contributed by atoms with Gasteiger partial charge >= 0.3 is 0 Å². The molecule has 0 spiro atoms. The molecule has 4 aromatic rings. The molecule has 6 heteroatoms. The number of aromatic nitrogens is 1. The molecule has 0 fully saturated rings. The molecule has 3 aromatic carbocycles. The molecule has 0 aliphatic carbocycles. The molecule has 4 rings (SSSR count). The summed E-state index contributed by atoms with van der Waals surface area (Å²) >= 11 is 1.41. The second-order valence-electron chi connectivity index (χ2n) is 7.10. The van der Waals surface area contributed by atoms with Crippen molar-refractivity contribution >= 4 is 34.1 Å². The minimum absolute atomic E-state index is 0.0717. The van der Waals surface area contributed by atoms with Crippen molar-refractivity contribution < 1.29 is 9.53 Å². The smallest absolute Gasteiger partial charge is 0.225 e. The molecule has 0 radical (unpaired) electrons. The summed E-state index contributed by atoms with van der Waals surface area (Å²) in [6.07, 6.45) is 0.316. The number of hydrogen-bond donors (Lipinski definition) is 1. The van der Waals surface area contributed by atoms with Gasteiger partial charge in [0.05, 0.1) is 18.4 Å². The van der Waals surface area contributed by atoms with Crippen LogP contribution in [0.1, 0.15) is 12.0 Å². The average Bonchev–Trinajstić information content (AvgIpc) is 2.84. The van der Waals surface area contributed by atoms with E-state index in [0.717, 1.165) is 33.5 Å². The molecular formula is C26H21N3O2S. The normalized spacial score (nSPS) is 10.5. The first-order valence-corrected chi connectivity index (χ1v) is 11.1. The Bertz CT molecular complexity index is 1300. The highest BCUT2D eigenvalue weighted by molar-refractivity contribution is 7.99. The third kappa shape index (κ3) is 5.08. The number of carbonyl (C=O) groups excluding carboxylic acids is 1. The summed E-state index contributed by atoms with van der Waals surface area (Å²) in [4.78, 5) is 17.1. The number of ether oxygens (including phenoxy) is 1. The van der Waals surface area contributed by atoms with Crippen LogP contribution in [0.4, 0.5) is 5.69 Å². The number of thioether (sulfide) groups is 1. The van der Waals surface area contributed by atoms with Gasteiger partial charge in [0.15, 0.2) is 0 Å². The number of fused-ring (bicyclic) bond motifs is 1. The Kier molecular flexibility index (Phi) is 6.69. The molecule has 0 aliphatic rings. The number of rotatable bonds is 7. The summed E-state index contributed by atoms with van der Waals surface area (Å²) in [5.41, 5.74) is 2.99. The highest BCUT2D eigenvalue weighted by Gasteiger charge is 2.10. The lowest BCUT2D eigenvalue weighted by molar-refractivity contribution is -0.115. The molecular weight excluding hydrogens is 418 g/mol. The van der Waals surface area contributed by atoms with Gasteiger partial charge in [0.2, 0.25) is 5.91 Å². The zero-order valence-corrected chi connectivity index (χ0v) is 18.4. The first-order chi connectivity index (χ1) is 15.7. The number of nitrogens with one attached hydrogen (secondary N) is 1. The van der Waals surface area contributed by atoms with Gasteiger partial charge in [0.1, 0.15) is 16.8 Å². The zero-order chi connectivity index (χ0) is 22.3. The number of pyridine rings is 1. The second kappa shape index (κ2) is 9.99. The molecule has 1 aromatic heterocycles. The van der Waals surface area contributed by atoms with Gasteiger partial charge in [-0.25, -0.2) is 4.98 Å². The number of carbonyl (C=O) groups is 1. The van der Waals surface area contributed by atoms with E-state index in [-0.39, 0.29) is 5.91 Å². The Morgan fingerprint density at radius 1 is 1.03 bits per heavy atom. The van der Waals surface area contributed by atoms with E-state index in [1.165, 1.54) is 11.8 Å². The van der Waals surface area contributed by atoms with Crippen molar-refractivity contribution in [3.8, 4) is 23.1 Å². The summed E-state index contributed by atoms with van der Waals surface area (Å²) in [5.74, 6) is 1.22. The van der Waals surface area contributed by atoms with Crippen LogP contribution in [0.25, 0.3) is 22.0 Å².